The van der Waals surface area contributed by atoms with Gasteiger partial charge in [-0.05, 0) is 44.7 Å². The number of nitrogens with one attached hydrogen (secondary N) is 1. The number of fused-ring (bicyclic) bond motifs is 1. The fourth-order valence-corrected chi connectivity index (χ4v) is 2.65. The lowest BCUT2D eigenvalue weighted by atomic mass is 9.72. The number of rotatable bonds is 7. The van der Waals surface area contributed by atoms with Crippen LogP contribution < -0.4 is 9.97 Å². The van der Waals surface area contributed by atoms with Gasteiger partial charge in [-0.3, -0.25) is 5.32 Å². The van der Waals surface area contributed by atoms with Gasteiger partial charge in [0.2, 0.25) is 0 Å². The number of hydrogen-bond acceptors (Lipinski definition) is 6. The molecule has 1 heterocycles. The van der Waals surface area contributed by atoms with Crippen LogP contribution in [0.25, 0.3) is 0 Å². The summed E-state index contributed by atoms with van der Waals surface area (Å²) in [7, 11) is -1.16. The van der Waals surface area contributed by atoms with E-state index in [2.05, 4.69) is 11.9 Å². The maximum absolute atomic E-state index is 12.0. The van der Waals surface area contributed by atoms with Crippen molar-refractivity contribution in [2.75, 3.05) is 6.61 Å². The van der Waals surface area contributed by atoms with Gasteiger partial charge < -0.3 is 19.5 Å². The predicted octanol–water partition coefficient (Wildman–Crippen LogP) is 1.45. The number of aliphatic hydroxyl groups is 1. The number of hydrogen-bond donors (Lipinski definition) is 3. The highest BCUT2D eigenvalue weighted by Crippen LogP contribution is 2.30. The number of benzene rings is 1. The Morgan fingerprint density at radius 1 is 1.58 bits per heavy atom. The zero-order valence-corrected chi connectivity index (χ0v) is 14.1. The Labute approximate surface area is 142 Å². The van der Waals surface area contributed by atoms with Crippen molar-refractivity contribution in [2.45, 2.75) is 45.3 Å². The fourth-order valence-electron chi connectivity index (χ4n) is 2.65. The molecule has 1 aromatic carbocycles. The number of ether oxygens (including phenoxy) is 1. The Morgan fingerprint density at radius 3 is 3.00 bits per heavy atom. The molecule has 1 unspecified atom stereocenters. The number of esters is 1. The quantitative estimate of drug-likeness (QED) is 0.303. The molecule has 1 aliphatic rings. The SMILES string of the molecule is C=C(C)CCC(O)N[C@H]1Cc2cccc(C(=O)OCC)c2OB1O. The van der Waals surface area contributed by atoms with Gasteiger partial charge in [0.25, 0.3) is 0 Å². The molecule has 0 aromatic heterocycles. The van der Waals surface area contributed by atoms with Crippen LogP contribution in [0.15, 0.2) is 30.4 Å². The molecule has 24 heavy (non-hydrogen) atoms. The van der Waals surface area contributed by atoms with E-state index < -0.39 is 25.3 Å². The first-order valence-electron chi connectivity index (χ1n) is 8.14. The molecular weight excluding hydrogens is 309 g/mol. The van der Waals surface area contributed by atoms with E-state index in [1.807, 2.05) is 13.0 Å². The highest BCUT2D eigenvalue weighted by atomic mass is 16.5. The zero-order chi connectivity index (χ0) is 17.7. The molecule has 0 amide bonds. The zero-order valence-electron chi connectivity index (χ0n) is 14.1. The second-order valence-corrected chi connectivity index (χ2v) is 6.01. The molecule has 0 radical (unpaired) electrons. The van der Waals surface area contributed by atoms with Gasteiger partial charge in [-0.2, -0.15) is 0 Å². The van der Waals surface area contributed by atoms with Gasteiger partial charge in [0.05, 0.1) is 12.5 Å². The van der Waals surface area contributed by atoms with E-state index in [-0.39, 0.29) is 6.61 Å². The highest BCUT2D eigenvalue weighted by Gasteiger charge is 2.37. The van der Waals surface area contributed by atoms with E-state index in [0.717, 1.165) is 11.1 Å². The molecular formula is C17H24BNO5. The average molecular weight is 333 g/mol. The van der Waals surface area contributed by atoms with Crippen molar-refractivity contribution >= 4 is 13.1 Å². The summed E-state index contributed by atoms with van der Waals surface area (Å²) in [5.74, 6) is -0.595. The Balaban J connectivity index is 2.09. The summed E-state index contributed by atoms with van der Waals surface area (Å²) in [6.07, 6.45) is 0.878. The largest absolute Gasteiger partial charge is 0.541 e. The Bertz CT molecular complexity index is 607. The van der Waals surface area contributed by atoms with Crippen LogP contribution >= 0.6 is 0 Å². The summed E-state index contributed by atoms with van der Waals surface area (Å²) in [5, 5.41) is 23.2. The van der Waals surface area contributed by atoms with E-state index in [1.165, 1.54) is 0 Å². The first-order valence-corrected chi connectivity index (χ1v) is 8.14. The highest BCUT2D eigenvalue weighted by molar-refractivity contribution is 6.46. The summed E-state index contributed by atoms with van der Waals surface area (Å²) in [5.41, 5.74) is 2.07. The lowest BCUT2D eigenvalue weighted by Crippen LogP contribution is -2.54. The maximum atomic E-state index is 12.0. The Morgan fingerprint density at radius 2 is 2.33 bits per heavy atom. The van der Waals surface area contributed by atoms with E-state index >= 15 is 0 Å². The predicted molar refractivity (Wildman–Crippen MR) is 91.7 cm³/mol. The third kappa shape index (κ3) is 4.60. The van der Waals surface area contributed by atoms with Crippen molar-refractivity contribution in [1.29, 1.82) is 0 Å². The van der Waals surface area contributed by atoms with Gasteiger partial charge in [0.1, 0.15) is 17.5 Å². The van der Waals surface area contributed by atoms with Gasteiger partial charge in [-0.25, -0.2) is 4.79 Å². The third-order valence-corrected chi connectivity index (χ3v) is 3.87. The topological polar surface area (TPSA) is 88.0 Å². The summed E-state index contributed by atoms with van der Waals surface area (Å²) >= 11 is 0. The first-order chi connectivity index (χ1) is 11.4. The molecule has 2 rings (SSSR count). The van der Waals surface area contributed by atoms with Crippen LogP contribution in [0.4, 0.5) is 0 Å². The summed E-state index contributed by atoms with van der Waals surface area (Å²) in [6.45, 7) is 7.70. The molecule has 7 heteroatoms. The van der Waals surface area contributed by atoms with Gasteiger partial charge in [0, 0.05) is 0 Å². The molecule has 0 bridgehead atoms. The minimum atomic E-state index is -1.16. The molecule has 1 aromatic rings. The van der Waals surface area contributed by atoms with Crippen LogP contribution in [-0.4, -0.2) is 42.0 Å². The molecule has 2 atom stereocenters. The monoisotopic (exact) mass is 333 g/mol. The van der Waals surface area contributed by atoms with Gasteiger partial charge >= 0.3 is 13.1 Å². The summed E-state index contributed by atoms with van der Waals surface area (Å²) < 4.78 is 10.5. The van der Waals surface area contributed by atoms with Crippen molar-refractivity contribution in [1.82, 2.24) is 5.32 Å². The fraction of sp³-hybridized carbons (Fsp3) is 0.471. The Kier molecular flexibility index (Phi) is 6.42. The van der Waals surface area contributed by atoms with Crippen LogP contribution in [0, 0.1) is 0 Å². The normalized spacial score (nSPS) is 17.7. The second-order valence-electron chi connectivity index (χ2n) is 6.01. The van der Waals surface area contributed by atoms with Crippen LogP contribution in [0.1, 0.15) is 42.6 Å². The minimum absolute atomic E-state index is 0.268. The van der Waals surface area contributed by atoms with E-state index in [0.29, 0.717) is 30.6 Å². The van der Waals surface area contributed by atoms with Gasteiger partial charge in [-0.15, -0.1) is 6.58 Å². The molecule has 0 spiro atoms. The number of carbonyl (C=O) groups excluding carboxylic acids is 1. The van der Waals surface area contributed by atoms with Crippen LogP contribution in [-0.2, 0) is 11.2 Å². The van der Waals surface area contributed by atoms with Gasteiger partial charge in [-0.1, -0.05) is 17.7 Å². The maximum Gasteiger partial charge on any atom is 0.541 e. The molecule has 0 saturated carbocycles. The molecule has 0 aliphatic carbocycles. The molecule has 130 valence electrons. The number of carbonyl (C=O) groups is 1. The van der Waals surface area contributed by atoms with Crippen molar-refractivity contribution in [3.05, 3.63) is 41.5 Å². The van der Waals surface area contributed by atoms with Crippen LogP contribution in [0.5, 0.6) is 5.75 Å². The molecule has 6 nitrogen and oxygen atoms in total. The van der Waals surface area contributed by atoms with Crippen molar-refractivity contribution < 1.29 is 24.3 Å². The first kappa shape index (κ1) is 18.5. The van der Waals surface area contributed by atoms with E-state index in [1.54, 1.807) is 19.1 Å². The lowest BCUT2D eigenvalue weighted by molar-refractivity contribution is 0.0523. The number of allylic oxidation sites excluding steroid dienone is 1. The van der Waals surface area contributed by atoms with Crippen molar-refractivity contribution in [3.63, 3.8) is 0 Å². The van der Waals surface area contributed by atoms with Crippen molar-refractivity contribution in [2.24, 2.45) is 0 Å². The smallest absolute Gasteiger partial charge is 0.534 e. The number of aliphatic hydroxyl groups excluding tert-OH is 1. The molecule has 3 N–H and O–H groups in total. The number of para-hydroxylation sites is 1. The molecule has 1 aliphatic heterocycles. The molecule has 0 saturated heterocycles. The van der Waals surface area contributed by atoms with Gasteiger partial charge in [0.15, 0.2) is 0 Å². The third-order valence-electron chi connectivity index (χ3n) is 3.87. The van der Waals surface area contributed by atoms with Crippen LogP contribution in [0.2, 0.25) is 0 Å². The summed E-state index contributed by atoms with van der Waals surface area (Å²) in [6, 6.07) is 5.19. The molecule has 0 fully saturated rings. The summed E-state index contributed by atoms with van der Waals surface area (Å²) in [4.78, 5) is 12.0. The van der Waals surface area contributed by atoms with Crippen LogP contribution in [0.3, 0.4) is 0 Å². The average Bonchev–Trinajstić information content (AvgIpc) is 2.53. The van der Waals surface area contributed by atoms with E-state index in [9.17, 15) is 14.9 Å². The van der Waals surface area contributed by atoms with E-state index in [4.69, 9.17) is 9.39 Å². The lowest BCUT2D eigenvalue weighted by Gasteiger charge is -2.30. The van der Waals surface area contributed by atoms with Crippen molar-refractivity contribution in [3.8, 4) is 5.75 Å². The second kappa shape index (κ2) is 8.33. The standard InChI is InChI=1S/C17H24BNO5/c1-4-23-17(21)13-7-5-6-12-10-14(18(22)24-16(12)13)19-15(20)9-8-11(2)3/h5-7,14-15,19-20,22H,2,4,8-10H2,1,3H3/t14-,15?/m0/s1. The minimum Gasteiger partial charge on any atom is -0.534 e. The Hall–Kier alpha value is -1.83.